The van der Waals surface area contributed by atoms with Crippen molar-refractivity contribution in [1.29, 1.82) is 0 Å². The molecule has 0 heterocycles. The summed E-state index contributed by atoms with van der Waals surface area (Å²) in [5.41, 5.74) is 8.88. The highest BCUT2D eigenvalue weighted by Crippen LogP contribution is 2.11. The molecule has 2 atom stereocenters. The summed E-state index contributed by atoms with van der Waals surface area (Å²) in [5.74, 6) is 0.674. The number of nitrogens with two attached hydrogens (primary N) is 1. The average molecular weight is 367 g/mol. The smallest absolute Gasteiger partial charge is 0.241 e. The molecule has 1 amide bonds. The fraction of sp³-hybridized carbons (Fsp3) is 0.278. The van der Waals surface area contributed by atoms with Gasteiger partial charge in [0.25, 0.3) is 0 Å². The summed E-state index contributed by atoms with van der Waals surface area (Å²) in [6.45, 7) is 2.34. The third kappa shape index (κ3) is 6.43. The normalized spacial score (nSPS) is 12.8. The molecule has 0 radical (unpaired) electrons. The standard InChI is InChI=1S/C18H22N2O2S.ClH/c1-14-7-9-16(10-8-14)17(19)18(21)20-11-12-23(22)13-15-5-3-2-4-6-15;/h2-10,17H,11-13,19H2,1H3,(H,20,21);1H. The molecule has 0 bridgehead atoms. The van der Waals surface area contributed by atoms with E-state index in [1.54, 1.807) is 0 Å². The second-order valence-corrected chi connectivity index (χ2v) is 7.03. The van der Waals surface area contributed by atoms with E-state index in [1.165, 1.54) is 0 Å². The summed E-state index contributed by atoms with van der Waals surface area (Å²) in [4.78, 5) is 12.0. The van der Waals surface area contributed by atoms with Gasteiger partial charge in [0.05, 0.1) is 0 Å². The molecule has 2 aromatic carbocycles. The minimum absolute atomic E-state index is 0. The Morgan fingerprint density at radius 2 is 1.75 bits per heavy atom. The zero-order valence-corrected chi connectivity index (χ0v) is 15.2. The molecular weight excluding hydrogens is 344 g/mol. The molecule has 0 aromatic heterocycles. The number of rotatable bonds is 7. The molecule has 0 aliphatic carbocycles. The molecule has 0 saturated heterocycles. The number of carbonyl (C=O) groups excluding carboxylic acids is 1. The summed E-state index contributed by atoms with van der Waals surface area (Å²) in [7, 11) is -1.00. The van der Waals surface area contributed by atoms with Crippen LogP contribution in [0, 0.1) is 6.92 Å². The molecule has 2 rings (SSSR count). The molecule has 2 unspecified atom stereocenters. The number of carbonyl (C=O) groups is 1. The lowest BCUT2D eigenvalue weighted by atomic mass is 10.1. The van der Waals surface area contributed by atoms with Gasteiger partial charge in [-0.15, -0.1) is 12.4 Å². The van der Waals surface area contributed by atoms with Gasteiger partial charge in [-0.3, -0.25) is 9.00 Å². The minimum atomic E-state index is -1.00. The fourth-order valence-electron chi connectivity index (χ4n) is 2.16. The highest BCUT2D eigenvalue weighted by Gasteiger charge is 2.15. The van der Waals surface area contributed by atoms with Crippen molar-refractivity contribution in [2.24, 2.45) is 5.73 Å². The van der Waals surface area contributed by atoms with Gasteiger partial charge in [-0.05, 0) is 18.1 Å². The van der Waals surface area contributed by atoms with Crippen LogP contribution in [-0.2, 0) is 21.3 Å². The molecule has 0 saturated carbocycles. The van der Waals surface area contributed by atoms with Crippen LogP contribution >= 0.6 is 12.4 Å². The predicted octanol–water partition coefficient (Wildman–Crippen LogP) is 2.48. The van der Waals surface area contributed by atoms with Gasteiger partial charge in [0.1, 0.15) is 6.04 Å². The Bertz CT molecular complexity index is 662. The molecule has 0 fully saturated rings. The van der Waals surface area contributed by atoms with E-state index < -0.39 is 16.8 Å². The van der Waals surface area contributed by atoms with Crippen LogP contribution in [0.1, 0.15) is 22.7 Å². The van der Waals surface area contributed by atoms with Gasteiger partial charge in [0.2, 0.25) is 5.91 Å². The maximum atomic E-state index is 12.0. The van der Waals surface area contributed by atoms with Crippen LogP contribution in [-0.4, -0.2) is 22.4 Å². The van der Waals surface area contributed by atoms with Crippen molar-refractivity contribution in [3.05, 3.63) is 71.3 Å². The van der Waals surface area contributed by atoms with Gasteiger partial charge in [-0.25, -0.2) is 0 Å². The zero-order valence-electron chi connectivity index (χ0n) is 13.6. The third-order valence-corrected chi connectivity index (χ3v) is 4.83. The van der Waals surface area contributed by atoms with E-state index in [-0.39, 0.29) is 18.3 Å². The second kappa shape index (κ2) is 10.2. The molecule has 24 heavy (non-hydrogen) atoms. The van der Waals surface area contributed by atoms with Crippen molar-refractivity contribution in [3.63, 3.8) is 0 Å². The molecule has 0 spiro atoms. The van der Waals surface area contributed by atoms with Gasteiger partial charge in [0.15, 0.2) is 0 Å². The zero-order chi connectivity index (χ0) is 16.7. The second-order valence-electron chi connectivity index (χ2n) is 5.45. The Kier molecular flexibility index (Phi) is 8.68. The summed E-state index contributed by atoms with van der Waals surface area (Å²) in [5, 5.41) is 2.76. The number of aryl methyl sites for hydroxylation is 1. The largest absolute Gasteiger partial charge is 0.354 e. The predicted molar refractivity (Wildman–Crippen MR) is 102 cm³/mol. The number of hydrogen-bond acceptors (Lipinski definition) is 3. The maximum absolute atomic E-state index is 12.0. The lowest BCUT2D eigenvalue weighted by molar-refractivity contribution is -0.122. The fourth-order valence-corrected chi connectivity index (χ4v) is 3.19. The molecule has 2 aromatic rings. The number of halogens is 1. The van der Waals surface area contributed by atoms with E-state index in [1.807, 2.05) is 61.5 Å². The Labute approximate surface area is 151 Å². The molecule has 0 aliphatic rings. The topological polar surface area (TPSA) is 72.2 Å². The Balaban J connectivity index is 0.00000288. The Morgan fingerprint density at radius 3 is 2.38 bits per heavy atom. The monoisotopic (exact) mass is 366 g/mol. The molecule has 6 heteroatoms. The number of hydrogen-bond donors (Lipinski definition) is 2. The molecule has 4 nitrogen and oxygen atoms in total. The lowest BCUT2D eigenvalue weighted by Gasteiger charge is -2.12. The van der Waals surface area contributed by atoms with E-state index in [0.29, 0.717) is 18.1 Å². The number of benzene rings is 2. The third-order valence-electron chi connectivity index (χ3n) is 3.52. The van der Waals surface area contributed by atoms with E-state index in [2.05, 4.69) is 5.32 Å². The minimum Gasteiger partial charge on any atom is -0.354 e. The van der Waals surface area contributed by atoms with Crippen LogP contribution in [0.4, 0.5) is 0 Å². The van der Waals surface area contributed by atoms with Gasteiger partial charge in [0, 0.05) is 28.9 Å². The highest BCUT2D eigenvalue weighted by atomic mass is 35.5. The summed E-state index contributed by atoms with van der Waals surface area (Å²) in [6.07, 6.45) is 0. The summed E-state index contributed by atoms with van der Waals surface area (Å²) in [6, 6.07) is 16.5. The van der Waals surface area contributed by atoms with Crippen LogP contribution in [0.3, 0.4) is 0 Å². The molecule has 0 aliphatic heterocycles. The van der Waals surface area contributed by atoms with Gasteiger partial charge >= 0.3 is 0 Å². The van der Waals surface area contributed by atoms with Gasteiger partial charge < -0.3 is 11.1 Å². The van der Waals surface area contributed by atoms with E-state index in [0.717, 1.165) is 16.7 Å². The summed E-state index contributed by atoms with van der Waals surface area (Å²) >= 11 is 0. The highest BCUT2D eigenvalue weighted by molar-refractivity contribution is 7.84. The van der Waals surface area contributed by atoms with E-state index in [4.69, 9.17) is 5.73 Å². The maximum Gasteiger partial charge on any atom is 0.241 e. The van der Waals surface area contributed by atoms with Crippen LogP contribution in [0.5, 0.6) is 0 Å². The Morgan fingerprint density at radius 1 is 1.12 bits per heavy atom. The average Bonchev–Trinajstić information content (AvgIpc) is 2.55. The number of nitrogens with one attached hydrogen (secondary N) is 1. The SMILES string of the molecule is Cc1ccc(C(N)C(=O)NCCS(=O)Cc2ccccc2)cc1.Cl. The van der Waals surface area contributed by atoms with Gasteiger partial charge in [-0.2, -0.15) is 0 Å². The van der Waals surface area contributed by atoms with Crippen LogP contribution < -0.4 is 11.1 Å². The first kappa shape index (κ1) is 20.4. The van der Waals surface area contributed by atoms with E-state index >= 15 is 0 Å². The number of amides is 1. The molecule has 130 valence electrons. The molecular formula is C18H23ClN2O2S. The van der Waals surface area contributed by atoms with Crippen molar-refractivity contribution < 1.29 is 9.00 Å². The van der Waals surface area contributed by atoms with Crippen molar-refractivity contribution in [3.8, 4) is 0 Å². The van der Waals surface area contributed by atoms with Crippen LogP contribution in [0.15, 0.2) is 54.6 Å². The molecule has 3 N–H and O–H groups in total. The van der Waals surface area contributed by atoms with Crippen molar-refractivity contribution in [2.45, 2.75) is 18.7 Å². The quantitative estimate of drug-likeness (QED) is 0.790. The first-order valence-electron chi connectivity index (χ1n) is 7.55. The Hall–Kier alpha value is -1.69. The van der Waals surface area contributed by atoms with Crippen LogP contribution in [0.25, 0.3) is 0 Å². The van der Waals surface area contributed by atoms with E-state index in [9.17, 15) is 9.00 Å². The van der Waals surface area contributed by atoms with Crippen LogP contribution in [0.2, 0.25) is 0 Å². The lowest BCUT2D eigenvalue weighted by Crippen LogP contribution is -2.36. The van der Waals surface area contributed by atoms with Gasteiger partial charge in [-0.1, -0.05) is 60.2 Å². The first-order chi connectivity index (χ1) is 11.1. The van der Waals surface area contributed by atoms with Crippen molar-refractivity contribution in [1.82, 2.24) is 5.32 Å². The van der Waals surface area contributed by atoms with Crippen molar-refractivity contribution in [2.75, 3.05) is 12.3 Å². The summed E-state index contributed by atoms with van der Waals surface area (Å²) < 4.78 is 12.0. The first-order valence-corrected chi connectivity index (χ1v) is 9.04. The van der Waals surface area contributed by atoms with Crippen molar-refractivity contribution >= 4 is 29.1 Å².